The van der Waals surface area contributed by atoms with Crippen LogP contribution < -0.4 is 5.32 Å². The monoisotopic (exact) mass is 258 g/mol. The Hall–Kier alpha value is -1.30. The summed E-state index contributed by atoms with van der Waals surface area (Å²) in [5, 5.41) is 11.2. The summed E-state index contributed by atoms with van der Waals surface area (Å²) in [6.07, 6.45) is 3.01. The summed E-state index contributed by atoms with van der Waals surface area (Å²) in [5.41, 5.74) is 0. The molecule has 6 nitrogen and oxygen atoms in total. The molecule has 0 aromatic carbocycles. The summed E-state index contributed by atoms with van der Waals surface area (Å²) in [5.74, 6) is -0.903. The lowest BCUT2D eigenvalue weighted by Gasteiger charge is -2.35. The number of carbonyl (C=O) groups excluding carboxylic acids is 1. The van der Waals surface area contributed by atoms with Crippen LogP contribution in [0.15, 0.2) is 0 Å². The van der Waals surface area contributed by atoms with Gasteiger partial charge in [-0.1, -0.05) is 0 Å². The van der Waals surface area contributed by atoms with Crippen molar-refractivity contribution in [2.45, 2.75) is 38.6 Å². The number of hydrogen-bond donors (Lipinski definition) is 2. The number of nitrogens with zero attached hydrogens (tertiary/aromatic N) is 1. The maximum Gasteiger partial charge on any atom is 0.317 e. The lowest BCUT2D eigenvalue weighted by Crippen LogP contribution is -2.50. The normalized spacial score (nSPS) is 19.6. The van der Waals surface area contributed by atoms with E-state index in [-0.39, 0.29) is 25.0 Å². The average Bonchev–Trinajstić information content (AvgIpc) is 2.36. The number of likely N-dealkylation sites (tertiary alicyclic amines) is 1. The van der Waals surface area contributed by atoms with Crippen LogP contribution in [0.1, 0.15) is 32.6 Å². The van der Waals surface area contributed by atoms with Gasteiger partial charge in [0.2, 0.25) is 0 Å². The zero-order chi connectivity index (χ0) is 13.4. The molecule has 18 heavy (non-hydrogen) atoms. The second kappa shape index (κ2) is 7.92. The number of carboxylic acids is 1. The highest BCUT2D eigenvalue weighted by molar-refractivity contribution is 5.75. The topological polar surface area (TPSA) is 78.9 Å². The van der Waals surface area contributed by atoms with E-state index in [0.29, 0.717) is 13.2 Å². The average molecular weight is 258 g/mol. The highest BCUT2D eigenvalue weighted by atomic mass is 16.5. The van der Waals surface area contributed by atoms with Crippen molar-refractivity contribution >= 4 is 12.0 Å². The molecule has 0 aromatic rings. The van der Waals surface area contributed by atoms with Gasteiger partial charge in [0.25, 0.3) is 0 Å². The number of urea groups is 1. The third-order valence-corrected chi connectivity index (χ3v) is 3.02. The van der Waals surface area contributed by atoms with E-state index in [4.69, 9.17) is 9.84 Å². The van der Waals surface area contributed by atoms with E-state index in [1.807, 2.05) is 6.92 Å². The first-order valence-electron chi connectivity index (χ1n) is 6.49. The largest absolute Gasteiger partial charge is 0.481 e. The van der Waals surface area contributed by atoms with E-state index in [1.165, 1.54) is 0 Å². The number of amides is 2. The molecule has 0 aromatic heterocycles. The van der Waals surface area contributed by atoms with Crippen LogP contribution in [-0.2, 0) is 9.53 Å². The highest BCUT2D eigenvalue weighted by Gasteiger charge is 2.26. The maximum absolute atomic E-state index is 11.9. The van der Waals surface area contributed by atoms with Crippen LogP contribution in [0, 0.1) is 0 Å². The molecule has 1 atom stereocenters. The minimum absolute atomic E-state index is 0.0459. The lowest BCUT2D eigenvalue weighted by molar-refractivity contribution is -0.136. The second-order valence-electron chi connectivity index (χ2n) is 4.38. The van der Waals surface area contributed by atoms with Crippen molar-refractivity contribution < 1.29 is 19.4 Å². The van der Waals surface area contributed by atoms with Gasteiger partial charge in [-0.3, -0.25) is 4.79 Å². The van der Waals surface area contributed by atoms with Gasteiger partial charge >= 0.3 is 12.0 Å². The fourth-order valence-corrected chi connectivity index (χ4v) is 2.07. The molecular weight excluding hydrogens is 236 g/mol. The van der Waals surface area contributed by atoms with Gasteiger partial charge in [-0.2, -0.15) is 0 Å². The van der Waals surface area contributed by atoms with E-state index in [2.05, 4.69) is 5.32 Å². The Bertz CT molecular complexity index is 283. The highest BCUT2D eigenvalue weighted by Crippen LogP contribution is 2.17. The van der Waals surface area contributed by atoms with Gasteiger partial charge in [0, 0.05) is 19.7 Å². The fourth-order valence-electron chi connectivity index (χ4n) is 2.07. The summed E-state index contributed by atoms with van der Waals surface area (Å²) in [7, 11) is 0. The minimum Gasteiger partial charge on any atom is -0.481 e. The molecule has 0 aliphatic carbocycles. The fraction of sp³-hybridized carbons (Fsp3) is 0.833. The number of carbonyl (C=O) groups is 2. The molecule has 1 fully saturated rings. The predicted molar refractivity (Wildman–Crippen MR) is 66.5 cm³/mol. The van der Waals surface area contributed by atoms with E-state index in [0.717, 1.165) is 25.8 Å². The zero-order valence-electron chi connectivity index (χ0n) is 10.9. The van der Waals surface area contributed by atoms with Crippen LogP contribution in [-0.4, -0.2) is 54.4 Å². The maximum atomic E-state index is 11.9. The molecule has 0 bridgehead atoms. The van der Waals surface area contributed by atoms with E-state index in [9.17, 15) is 9.59 Å². The van der Waals surface area contributed by atoms with E-state index in [1.54, 1.807) is 4.90 Å². The number of carboxylic acid groups (broad SMARTS) is 1. The van der Waals surface area contributed by atoms with Gasteiger partial charge in [0.1, 0.15) is 0 Å². The van der Waals surface area contributed by atoms with Gasteiger partial charge in [-0.05, 0) is 26.2 Å². The first kappa shape index (κ1) is 14.8. The van der Waals surface area contributed by atoms with Crippen molar-refractivity contribution in [2.24, 2.45) is 0 Å². The first-order chi connectivity index (χ1) is 8.65. The Labute approximate surface area is 107 Å². The van der Waals surface area contributed by atoms with Crippen LogP contribution in [0.5, 0.6) is 0 Å². The zero-order valence-corrected chi connectivity index (χ0v) is 10.9. The van der Waals surface area contributed by atoms with Crippen LogP contribution in [0.25, 0.3) is 0 Å². The van der Waals surface area contributed by atoms with Gasteiger partial charge < -0.3 is 20.1 Å². The second-order valence-corrected chi connectivity index (χ2v) is 4.38. The number of nitrogens with one attached hydrogen (secondary N) is 1. The molecule has 1 unspecified atom stereocenters. The third kappa shape index (κ3) is 4.91. The van der Waals surface area contributed by atoms with Gasteiger partial charge in [-0.25, -0.2) is 4.79 Å². The van der Waals surface area contributed by atoms with Crippen molar-refractivity contribution in [2.75, 3.05) is 26.3 Å². The molecule has 1 heterocycles. The van der Waals surface area contributed by atoms with Crippen LogP contribution in [0.3, 0.4) is 0 Å². The van der Waals surface area contributed by atoms with Crippen molar-refractivity contribution in [1.29, 1.82) is 0 Å². The summed E-state index contributed by atoms with van der Waals surface area (Å²) >= 11 is 0. The van der Waals surface area contributed by atoms with Crippen LogP contribution in [0.2, 0.25) is 0 Å². The Balaban J connectivity index is 2.38. The number of piperidine rings is 1. The standard InChI is InChI=1S/C12H22N2O4/c1-2-18-9-10-5-3-4-8-14(10)12(17)13-7-6-11(15)16/h10H,2-9H2,1H3,(H,13,17)(H,15,16). The molecule has 1 aliphatic rings. The van der Waals surface area contributed by atoms with Crippen LogP contribution >= 0.6 is 0 Å². The molecule has 6 heteroatoms. The Morgan fingerprint density at radius 3 is 2.89 bits per heavy atom. The number of hydrogen-bond acceptors (Lipinski definition) is 3. The van der Waals surface area contributed by atoms with Gasteiger partial charge in [0.05, 0.1) is 19.1 Å². The van der Waals surface area contributed by atoms with Crippen molar-refractivity contribution in [3.63, 3.8) is 0 Å². The Morgan fingerprint density at radius 2 is 2.22 bits per heavy atom. The molecule has 1 saturated heterocycles. The molecule has 2 N–H and O–H groups in total. The summed E-state index contributed by atoms with van der Waals surface area (Å²) in [6, 6.07) is -0.0656. The van der Waals surface area contributed by atoms with Gasteiger partial charge in [-0.15, -0.1) is 0 Å². The molecular formula is C12H22N2O4. The first-order valence-corrected chi connectivity index (χ1v) is 6.49. The van der Waals surface area contributed by atoms with Crippen LogP contribution in [0.4, 0.5) is 4.79 Å². The molecule has 0 spiro atoms. The Kier molecular flexibility index (Phi) is 6.49. The van der Waals surface area contributed by atoms with Crippen molar-refractivity contribution in [3.05, 3.63) is 0 Å². The van der Waals surface area contributed by atoms with Crippen molar-refractivity contribution in [3.8, 4) is 0 Å². The molecule has 1 rings (SSSR count). The molecule has 1 aliphatic heterocycles. The van der Waals surface area contributed by atoms with Gasteiger partial charge in [0.15, 0.2) is 0 Å². The lowest BCUT2D eigenvalue weighted by atomic mass is 10.0. The summed E-state index contributed by atoms with van der Waals surface area (Å²) in [6.45, 7) is 4.02. The Morgan fingerprint density at radius 1 is 1.44 bits per heavy atom. The number of ether oxygens (including phenoxy) is 1. The number of aliphatic carboxylic acids is 1. The summed E-state index contributed by atoms with van der Waals surface area (Å²) in [4.78, 5) is 24.1. The van der Waals surface area contributed by atoms with E-state index < -0.39 is 5.97 Å². The molecule has 2 amide bonds. The third-order valence-electron chi connectivity index (χ3n) is 3.02. The number of rotatable bonds is 6. The van der Waals surface area contributed by atoms with E-state index >= 15 is 0 Å². The molecule has 0 radical (unpaired) electrons. The molecule has 104 valence electrons. The molecule has 0 saturated carbocycles. The van der Waals surface area contributed by atoms with Crippen molar-refractivity contribution in [1.82, 2.24) is 10.2 Å². The quantitative estimate of drug-likeness (QED) is 0.746. The minimum atomic E-state index is -0.903. The SMILES string of the molecule is CCOCC1CCCCN1C(=O)NCCC(=O)O. The summed E-state index contributed by atoms with van der Waals surface area (Å²) < 4.78 is 5.38. The smallest absolute Gasteiger partial charge is 0.317 e. The predicted octanol–water partition coefficient (Wildman–Crippen LogP) is 1.06.